The molecule has 206 valence electrons. The number of piperazine rings is 1. The summed E-state index contributed by atoms with van der Waals surface area (Å²) in [5, 5.41) is 4.35. The lowest BCUT2D eigenvalue weighted by molar-refractivity contribution is -0.123. The van der Waals surface area contributed by atoms with Gasteiger partial charge in [0.2, 0.25) is 5.88 Å². The van der Waals surface area contributed by atoms with Gasteiger partial charge in [-0.05, 0) is 43.5 Å². The number of hydrogen-bond acceptors (Lipinski definition) is 7. The average molecular weight is 533 g/mol. The van der Waals surface area contributed by atoms with Crippen LogP contribution in [0.4, 0.5) is 4.39 Å². The molecule has 9 heteroatoms. The summed E-state index contributed by atoms with van der Waals surface area (Å²) in [4.78, 5) is 26.9. The first kappa shape index (κ1) is 27.1. The van der Waals surface area contributed by atoms with Crippen LogP contribution in [0.25, 0.3) is 5.57 Å². The van der Waals surface area contributed by atoms with Gasteiger partial charge in [0.15, 0.2) is 11.6 Å². The third kappa shape index (κ3) is 5.79. The molecule has 39 heavy (non-hydrogen) atoms. The van der Waals surface area contributed by atoms with Crippen LogP contribution in [-0.2, 0) is 31.1 Å². The van der Waals surface area contributed by atoms with Gasteiger partial charge in [0.1, 0.15) is 11.5 Å². The van der Waals surface area contributed by atoms with E-state index >= 15 is 4.39 Å². The number of ketones is 1. The molecule has 1 aromatic carbocycles. The molecule has 3 heterocycles. The van der Waals surface area contributed by atoms with Gasteiger partial charge in [-0.2, -0.15) is 0 Å². The number of ether oxygens (including phenoxy) is 1. The highest BCUT2D eigenvalue weighted by atomic mass is 19.1. The van der Waals surface area contributed by atoms with E-state index in [-0.39, 0.29) is 17.5 Å². The van der Waals surface area contributed by atoms with Crippen molar-refractivity contribution in [1.82, 2.24) is 29.5 Å². The largest absolute Gasteiger partial charge is 0.477 e. The van der Waals surface area contributed by atoms with Gasteiger partial charge in [0, 0.05) is 63.4 Å². The maximum atomic E-state index is 15.1. The van der Waals surface area contributed by atoms with Crippen molar-refractivity contribution in [3.05, 3.63) is 76.3 Å². The Bertz CT molecular complexity index is 1380. The number of aryl methyl sites for hydroxylation is 1. The monoisotopic (exact) mass is 532 g/mol. The van der Waals surface area contributed by atoms with Gasteiger partial charge in [0.25, 0.3) is 0 Å². The third-order valence-electron chi connectivity index (χ3n) is 7.85. The van der Waals surface area contributed by atoms with E-state index in [1.165, 1.54) is 6.20 Å². The second-order valence-corrected chi connectivity index (χ2v) is 10.3. The van der Waals surface area contributed by atoms with Gasteiger partial charge in [-0.3, -0.25) is 14.4 Å². The maximum absolute atomic E-state index is 15.1. The van der Waals surface area contributed by atoms with Gasteiger partial charge in [-0.1, -0.05) is 31.2 Å². The molecule has 0 bridgehead atoms. The number of likely N-dealkylation sites (N-methyl/N-ethyl adjacent to an activating group) is 1. The summed E-state index contributed by atoms with van der Waals surface area (Å²) in [6, 6.07) is 5.85. The fraction of sp³-hybridized carbons (Fsp3) is 0.467. The summed E-state index contributed by atoms with van der Waals surface area (Å²) >= 11 is 0. The molecule has 1 aliphatic carbocycles. The molecule has 0 spiro atoms. The first-order chi connectivity index (χ1) is 18.9. The van der Waals surface area contributed by atoms with Crippen molar-refractivity contribution in [2.24, 2.45) is 7.05 Å². The second kappa shape index (κ2) is 11.8. The van der Waals surface area contributed by atoms with E-state index in [9.17, 15) is 4.79 Å². The number of carbonyl (C=O) groups is 1. The fourth-order valence-corrected chi connectivity index (χ4v) is 5.58. The van der Waals surface area contributed by atoms with E-state index in [2.05, 4.69) is 31.8 Å². The summed E-state index contributed by atoms with van der Waals surface area (Å²) < 4.78 is 22.4. The summed E-state index contributed by atoms with van der Waals surface area (Å²) in [5.41, 5.74) is 4.91. The Balaban J connectivity index is 1.33. The quantitative estimate of drug-likeness (QED) is 0.396. The number of carbonyl (C=O) groups excluding carboxylic acids is 1. The molecular formula is C30H37FN6O2. The lowest BCUT2D eigenvalue weighted by Gasteiger charge is -2.37. The number of nitrogens with zero attached hydrogens (tertiary/aromatic N) is 6. The zero-order valence-corrected chi connectivity index (χ0v) is 23.3. The van der Waals surface area contributed by atoms with Gasteiger partial charge in [-0.25, -0.2) is 14.4 Å². The lowest BCUT2D eigenvalue weighted by atomic mass is 9.94. The number of halogens is 1. The van der Waals surface area contributed by atoms with Crippen molar-refractivity contribution >= 4 is 11.4 Å². The van der Waals surface area contributed by atoms with Crippen LogP contribution < -0.4 is 4.74 Å². The van der Waals surface area contributed by atoms with E-state index in [1.54, 1.807) is 4.68 Å². The van der Waals surface area contributed by atoms with Crippen LogP contribution in [0.5, 0.6) is 5.88 Å². The van der Waals surface area contributed by atoms with E-state index in [1.807, 2.05) is 51.4 Å². The molecular weight excluding hydrogens is 495 g/mol. The van der Waals surface area contributed by atoms with Crippen molar-refractivity contribution in [1.29, 1.82) is 0 Å². The van der Waals surface area contributed by atoms with E-state index in [0.29, 0.717) is 37.6 Å². The molecule has 1 fully saturated rings. The Labute approximate surface area is 229 Å². The van der Waals surface area contributed by atoms with Gasteiger partial charge >= 0.3 is 0 Å². The van der Waals surface area contributed by atoms with Crippen LogP contribution in [0.1, 0.15) is 54.5 Å². The summed E-state index contributed by atoms with van der Waals surface area (Å²) in [6.07, 6.45) is 6.52. The van der Waals surface area contributed by atoms with Crippen molar-refractivity contribution in [2.75, 3.05) is 39.3 Å². The molecule has 0 amide bonds. The molecule has 2 aliphatic rings. The molecule has 1 aliphatic heterocycles. The number of rotatable bonds is 10. The van der Waals surface area contributed by atoms with Crippen LogP contribution in [-0.4, -0.2) is 80.7 Å². The number of hydrogen-bond donors (Lipinski definition) is 0. The van der Waals surface area contributed by atoms with Crippen LogP contribution in [0.15, 0.2) is 36.7 Å². The molecule has 0 saturated carbocycles. The Morgan fingerprint density at radius 3 is 2.69 bits per heavy atom. The highest BCUT2D eigenvalue weighted by molar-refractivity contribution is 5.88. The molecule has 0 unspecified atom stereocenters. The Hall–Kier alpha value is -3.43. The molecule has 0 radical (unpaired) electrons. The van der Waals surface area contributed by atoms with Gasteiger partial charge < -0.3 is 9.64 Å². The molecule has 1 saturated heterocycles. The number of Topliss-reactive ketones (excluding diaryl/α,β-unsaturated/α-hetero) is 1. The standard InChI is InChI=1S/C30H37FN6O2/c1-5-36-12-14-37(15-13-36)20(3)27(38)16-21-8-7-9-24-23(21)10-11-25(24)29-26(31)18-32-28(33-29)17-22-19-35(4)34-30(22)39-6-2/h7-9,11,18-20H,5-6,10,12-17H2,1-4H3/t20-/m1/s1. The topological polar surface area (TPSA) is 76.4 Å². The molecule has 5 rings (SSSR count). The van der Waals surface area contributed by atoms with Crippen LogP contribution in [0.2, 0.25) is 0 Å². The maximum Gasteiger partial charge on any atom is 0.236 e. The number of benzene rings is 1. The Morgan fingerprint density at radius 1 is 1.15 bits per heavy atom. The normalized spacial score (nSPS) is 16.7. The smallest absolute Gasteiger partial charge is 0.236 e. The third-order valence-corrected chi connectivity index (χ3v) is 7.85. The highest BCUT2D eigenvalue weighted by Crippen LogP contribution is 2.35. The first-order valence-electron chi connectivity index (χ1n) is 13.8. The predicted octanol–water partition coefficient (Wildman–Crippen LogP) is 3.46. The van der Waals surface area contributed by atoms with E-state index in [0.717, 1.165) is 60.6 Å². The van der Waals surface area contributed by atoms with Crippen LogP contribution in [0.3, 0.4) is 0 Å². The summed E-state index contributed by atoms with van der Waals surface area (Å²) in [6.45, 7) is 11.5. The SMILES string of the molecule is CCOc1nn(C)cc1Cc1ncc(F)c(C2=CCc3c(CC(=O)[C@@H](C)N4CCN(CC)CC4)cccc32)n1. The average Bonchev–Trinajstić information content (AvgIpc) is 3.53. The van der Waals surface area contributed by atoms with E-state index < -0.39 is 5.82 Å². The Morgan fingerprint density at radius 2 is 1.95 bits per heavy atom. The molecule has 8 nitrogen and oxygen atoms in total. The van der Waals surface area contributed by atoms with Crippen LogP contribution >= 0.6 is 0 Å². The zero-order valence-electron chi connectivity index (χ0n) is 23.3. The summed E-state index contributed by atoms with van der Waals surface area (Å²) in [5.74, 6) is 0.794. The predicted molar refractivity (Wildman–Crippen MR) is 148 cm³/mol. The minimum Gasteiger partial charge on any atom is -0.477 e. The minimum absolute atomic E-state index is 0.121. The zero-order chi connectivity index (χ0) is 27.5. The number of allylic oxidation sites excluding steroid dienone is 1. The van der Waals surface area contributed by atoms with E-state index in [4.69, 9.17) is 4.74 Å². The van der Waals surface area contributed by atoms with Crippen LogP contribution in [0, 0.1) is 5.82 Å². The lowest BCUT2D eigenvalue weighted by Crippen LogP contribution is -2.51. The summed E-state index contributed by atoms with van der Waals surface area (Å²) in [7, 11) is 1.83. The molecule has 2 aromatic heterocycles. The van der Waals surface area contributed by atoms with Gasteiger partial charge in [-0.15, -0.1) is 5.10 Å². The van der Waals surface area contributed by atoms with Gasteiger partial charge in [0.05, 0.1) is 18.8 Å². The first-order valence-corrected chi connectivity index (χ1v) is 13.8. The highest BCUT2D eigenvalue weighted by Gasteiger charge is 2.28. The van der Waals surface area contributed by atoms with Crippen molar-refractivity contribution < 1.29 is 13.9 Å². The molecule has 1 atom stereocenters. The minimum atomic E-state index is -0.463. The van der Waals surface area contributed by atoms with Crippen molar-refractivity contribution in [3.63, 3.8) is 0 Å². The fourth-order valence-electron chi connectivity index (χ4n) is 5.58. The molecule has 3 aromatic rings. The van der Waals surface area contributed by atoms with Crippen molar-refractivity contribution in [3.8, 4) is 5.88 Å². The second-order valence-electron chi connectivity index (χ2n) is 10.3. The molecule has 0 N–H and O–H groups in total. The Kier molecular flexibility index (Phi) is 8.18. The number of fused-ring (bicyclic) bond motifs is 1. The van der Waals surface area contributed by atoms with Crippen molar-refractivity contribution in [2.45, 2.75) is 46.1 Å². The number of aromatic nitrogens is 4.